The molecule has 6 aromatic carbocycles. The van der Waals surface area contributed by atoms with Crippen molar-refractivity contribution in [2.24, 2.45) is 0 Å². The summed E-state index contributed by atoms with van der Waals surface area (Å²) >= 11 is 0. The highest BCUT2D eigenvalue weighted by atomic mass is 16.2. The Hall–Kier alpha value is -8.18. The van der Waals surface area contributed by atoms with Crippen molar-refractivity contribution in [2.45, 2.75) is 104 Å². The lowest BCUT2D eigenvalue weighted by molar-refractivity contribution is -0.118. The minimum atomic E-state index is 0.0452. The van der Waals surface area contributed by atoms with Gasteiger partial charge < -0.3 is 31.2 Å². The van der Waals surface area contributed by atoms with Gasteiger partial charge in [-0.2, -0.15) is 5.10 Å². The van der Waals surface area contributed by atoms with Crippen molar-refractivity contribution in [2.75, 3.05) is 26.6 Å². The van der Waals surface area contributed by atoms with Crippen LogP contribution in [0.5, 0.6) is 0 Å². The number of Topliss-reactive ketones (excluding diaryl/α,β-unsaturated/α-hetero) is 1. The SMILES string of the molecule is C/C(=C/c1cccc2c1N[C@H](C)CC(=O)N2)c1ccccc1.CC(C)n1cc(-c2cccc3c2N[C@H](C)CC(=O)N3)cn1.C[C@@H]1CC(=O)Cc2cccc(-c3cc4ccccc4n3CCc3ccccc3)c2N1. The molecular weight excluding hydrogens is 905 g/mol. The Morgan fingerprint density at radius 1 is 0.658 bits per heavy atom. The number of hydrogen-bond acceptors (Lipinski definition) is 7. The van der Waals surface area contributed by atoms with Crippen molar-refractivity contribution in [3.05, 3.63) is 180 Å². The Kier molecular flexibility index (Phi) is 15.3. The maximum atomic E-state index is 12.3. The van der Waals surface area contributed by atoms with Crippen LogP contribution in [0.3, 0.4) is 0 Å². The third-order valence-electron chi connectivity index (χ3n) is 13.5. The molecule has 2 amide bonds. The van der Waals surface area contributed by atoms with E-state index in [9.17, 15) is 14.4 Å². The van der Waals surface area contributed by atoms with Crippen molar-refractivity contribution in [3.8, 4) is 22.4 Å². The second-order valence-electron chi connectivity index (χ2n) is 19.9. The van der Waals surface area contributed by atoms with Crippen molar-refractivity contribution in [1.29, 1.82) is 0 Å². The second kappa shape index (κ2) is 22.5. The van der Waals surface area contributed by atoms with Gasteiger partial charge in [-0.05, 0) is 101 Å². The lowest BCUT2D eigenvalue weighted by Crippen LogP contribution is -2.19. The zero-order chi connectivity index (χ0) is 51.0. The number of anilines is 5. The van der Waals surface area contributed by atoms with E-state index in [0.29, 0.717) is 37.5 Å². The first-order valence-corrected chi connectivity index (χ1v) is 25.6. The second-order valence-corrected chi connectivity index (χ2v) is 19.9. The molecule has 3 aliphatic heterocycles. The predicted octanol–water partition coefficient (Wildman–Crippen LogP) is 13.5. The molecule has 3 aliphatic rings. The van der Waals surface area contributed by atoms with E-state index in [1.807, 2.05) is 73.4 Å². The molecular formula is C62H66N8O3. The number of carbonyl (C=O) groups excluding carboxylic acids is 3. The molecule has 2 aromatic heterocycles. The first kappa shape index (κ1) is 49.8. The first-order chi connectivity index (χ1) is 35.4. The summed E-state index contributed by atoms with van der Waals surface area (Å²) in [4.78, 5) is 36.0. The third-order valence-corrected chi connectivity index (χ3v) is 13.5. The average Bonchev–Trinajstić information content (AvgIpc) is 3.89. The van der Waals surface area contributed by atoms with Crippen molar-refractivity contribution in [1.82, 2.24) is 14.3 Å². The summed E-state index contributed by atoms with van der Waals surface area (Å²) in [7, 11) is 0. The van der Waals surface area contributed by atoms with Gasteiger partial charge in [-0.3, -0.25) is 19.1 Å². The molecule has 73 heavy (non-hydrogen) atoms. The van der Waals surface area contributed by atoms with Crippen LogP contribution in [0.15, 0.2) is 158 Å². The molecule has 0 aliphatic carbocycles. The molecule has 0 saturated carbocycles. The van der Waals surface area contributed by atoms with Gasteiger partial charge in [-0.25, -0.2) is 0 Å². The molecule has 11 heteroatoms. The number of aromatic nitrogens is 3. The zero-order valence-corrected chi connectivity index (χ0v) is 42.7. The summed E-state index contributed by atoms with van der Waals surface area (Å²) < 4.78 is 4.37. The van der Waals surface area contributed by atoms with E-state index in [0.717, 1.165) is 63.7 Å². The topological polar surface area (TPSA) is 134 Å². The fourth-order valence-corrected chi connectivity index (χ4v) is 9.95. The summed E-state index contributed by atoms with van der Waals surface area (Å²) in [5.74, 6) is 0.402. The number of amides is 2. The molecule has 0 spiro atoms. The van der Waals surface area contributed by atoms with Gasteiger partial charge in [0.2, 0.25) is 11.8 Å². The number of carbonyl (C=O) groups is 3. The monoisotopic (exact) mass is 971 g/mol. The van der Waals surface area contributed by atoms with Crippen LogP contribution >= 0.6 is 0 Å². The van der Waals surface area contributed by atoms with Crippen LogP contribution in [0.1, 0.15) is 89.1 Å². The Morgan fingerprint density at radius 2 is 1.26 bits per heavy atom. The quantitative estimate of drug-likeness (QED) is 0.0958. The van der Waals surface area contributed by atoms with Crippen molar-refractivity contribution < 1.29 is 14.4 Å². The van der Waals surface area contributed by atoms with Crippen molar-refractivity contribution >= 4 is 68.6 Å². The smallest absolute Gasteiger partial charge is 0.226 e. The highest BCUT2D eigenvalue weighted by molar-refractivity contribution is 6.01. The molecule has 3 atom stereocenters. The Labute approximate surface area is 429 Å². The maximum absolute atomic E-state index is 12.3. The number of aryl methyl sites for hydroxylation is 2. The van der Waals surface area contributed by atoms with Gasteiger partial charge in [0.1, 0.15) is 5.78 Å². The molecule has 11 nitrogen and oxygen atoms in total. The van der Waals surface area contributed by atoms with Crippen LogP contribution < -0.4 is 26.6 Å². The Bertz CT molecular complexity index is 3280. The van der Waals surface area contributed by atoms with E-state index in [-0.39, 0.29) is 29.9 Å². The van der Waals surface area contributed by atoms with E-state index in [2.05, 4.69) is 173 Å². The zero-order valence-electron chi connectivity index (χ0n) is 42.7. The normalized spacial score (nSPS) is 17.2. The Balaban J connectivity index is 0.000000138. The number of benzene rings is 6. The van der Waals surface area contributed by atoms with Crippen LogP contribution in [0.2, 0.25) is 0 Å². The number of allylic oxidation sites excluding steroid dienone is 1. The lowest BCUT2D eigenvalue weighted by Gasteiger charge is -2.19. The molecule has 0 saturated heterocycles. The third kappa shape index (κ3) is 12.0. The van der Waals surface area contributed by atoms with E-state index >= 15 is 0 Å². The van der Waals surface area contributed by atoms with Gasteiger partial charge in [0.15, 0.2) is 0 Å². The molecule has 0 radical (unpaired) electrons. The Morgan fingerprint density at radius 3 is 1.97 bits per heavy atom. The fraction of sp³-hybridized carbons (Fsp3) is 0.258. The standard InChI is InChI=1S/C27H26N2O.C19H20N2O.C16H20N4O/c1-19-16-23(30)17-22-11-7-12-24(27(22)28-19)26-18-21-10-5-6-13-25(21)29(26)15-14-20-8-3-2-4-9-20;1-13(15-7-4-3-5-8-15)11-16-9-6-10-17-19(16)20-14(2)12-18(22)21-17;1-10(2)20-9-12(8-17-20)13-5-4-6-14-16(13)18-11(3)7-15(21)19-14/h2-13,18-19,28H,14-17H2,1H3;3-11,14,20H,12H2,1-2H3,(H,21,22);4-6,8-11,18H,7H2,1-3H3,(H,19,21)/b;13-11-;/t19-;14-;11-/m111/s1. The van der Waals surface area contributed by atoms with Crippen molar-refractivity contribution in [3.63, 3.8) is 0 Å². The van der Waals surface area contributed by atoms with Crippen LogP contribution in [0, 0.1) is 0 Å². The van der Waals surface area contributed by atoms with Gasteiger partial charge in [0.25, 0.3) is 0 Å². The van der Waals surface area contributed by atoms with E-state index in [1.54, 1.807) is 0 Å². The number of rotatable bonds is 8. The molecule has 0 bridgehead atoms. The summed E-state index contributed by atoms with van der Waals surface area (Å²) in [6.07, 6.45) is 9.08. The van der Waals surface area contributed by atoms with Gasteiger partial charge >= 0.3 is 0 Å². The molecule has 5 heterocycles. The highest BCUT2D eigenvalue weighted by Gasteiger charge is 2.24. The highest BCUT2D eigenvalue weighted by Crippen LogP contribution is 2.39. The van der Waals surface area contributed by atoms with Crippen LogP contribution in [0.25, 0.3) is 44.9 Å². The van der Waals surface area contributed by atoms with E-state index in [4.69, 9.17) is 0 Å². The number of nitrogens with one attached hydrogen (secondary N) is 5. The van der Waals surface area contributed by atoms with E-state index < -0.39 is 0 Å². The van der Waals surface area contributed by atoms with E-state index in [1.165, 1.54) is 38.9 Å². The molecule has 11 rings (SSSR count). The fourth-order valence-electron chi connectivity index (χ4n) is 9.95. The van der Waals surface area contributed by atoms with Gasteiger partial charge in [0.05, 0.1) is 34.6 Å². The minimum Gasteiger partial charge on any atom is -0.381 e. The summed E-state index contributed by atoms with van der Waals surface area (Å²) in [5, 5.41) is 22.1. The minimum absolute atomic E-state index is 0.0452. The molecule has 0 fully saturated rings. The number of nitrogens with zero attached hydrogens (tertiary/aromatic N) is 3. The molecule has 5 N–H and O–H groups in total. The first-order valence-electron chi connectivity index (χ1n) is 25.6. The average molecular weight is 971 g/mol. The predicted molar refractivity (Wildman–Crippen MR) is 301 cm³/mol. The summed E-state index contributed by atoms with van der Waals surface area (Å²) in [6, 6.07) is 50.8. The number of ketones is 1. The summed E-state index contributed by atoms with van der Waals surface area (Å²) in [6.45, 7) is 13.3. The van der Waals surface area contributed by atoms with Crippen LogP contribution in [0.4, 0.5) is 28.4 Å². The molecule has 8 aromatic rings. The molecule has 372 valence electrons. The van der Waals surface area contributed by atoms with Gasteiger partial charge in [-0.1, -0.05) is 121 Å². The van der Waals surface area contributed by atoms with Crippen LogP contribution in [-0.4, -0.2) is 50.1 Å². The van der Waals surface area contributed by atoms with Gasteiger partial charge in [0, 0.05) is 101 Å². The largest absolute Gasteiger partial charge is 0.381 e. The summed E-state index contributed by atoms with van der Waals surface area (Å²) in [5.41, 5.74) is 16.4. The lowest BCUT2D eigenvalue weighted by atomic mass is 10.0. The number of para-hydroxylation sites is 4. The number of hydrogen-bond donors (Lipinski definition) is 5. The number of fused-ring (bicyclic) bond motifs is 4. The van der Waals surface area contributed by atoms with Gasteiger partial charge in [-0.15, -0.1) is 0 Å². The molecule has 0 unspecified atom stereocenters. The maximum Gasteiger partial charge on any atom is 0.226 e. The van der Waals surface area contributed by atoms with Crippen LogP contribution in [-0.2, 0) is 33.8 Å².